The molecule has 2 nitrogen and oxygen atoms in total. The molecular weight excluding hydrogens is 270 g/mol. The molecule has 1 aromatic carbocycles. The van der Waals surface area contributed by atoms with Gasteiger partial charge in [-0.05, 0) is 75.7 Å². The van der Waals surface area contributed by atoms with Gasteiger partial charge in [0.25, 0.3) is 0 Å². The zero-order valence-corrected chi connectivity index (χ0v) is 14.2. The summed E-state index contributed by atoms with van der Waals surface area (Å²) in [6.45, 7) is 1.06. The Morgan fingerprint density at radius 1 is 1.14 bits per heavy atom. The highest BCUT2D eigenvalue weighted by Gasteiger charge is 2.45. The second-order valence-electron chi connectivity index (χ2n) is 7.68. The van der Waals surface area contributed by atoms with Gasteiger partial charge in [0.15, 0.2) is 0 Å². The third kappa shape index (κ3) is 3.09. The first-order chi connectivity index (χ1) is 10.6. The smallest absolute Gasteiger partial charge is 0.0930 e. The summed E-state index contributed by atoms with van der Waals surface area (Å²) in [5.74, 6) is 1.18. The van der Waals surface area contributed by atoms with E-state index in [1.807, 2.05) is 0 Å². The van der Waals surface area contributed by atoms with Crippen LogP contribution in [0.1, 0.15) is 56.1 Å². The molecule has 1 saturated carbocycles. The van der Waals surface area contributed by atoms with E-state index in [1.165, 1.54) is 43.2 Å². The Hall–Kier alpha value is -0.860. The van der Waals surface area contributed by atoms with Gasteiger partial charge in [-0.25, -0.2) is 0 Å². The normalized spacial score (nSPS) is 31.5. The monoisotopic (exact) mass is 301 g/mol. The number of benzene rings is 1. The van der Waals surface area contributed by atoms with Crippen molar-refractivity contribution in [1.29, 1.82) is 0 Å². The molecule has 2 aliphatic rings. The van der Waals surface area contributed by atoms with E-state index in [-0.39, 0.29) is 0 Å². The average Bonchev–Trinajstić information content (AvgIpc) is 2.64. The Morgan fingerprint density at radius 2 is 1.91 bits per heavy atom. The molecule has 2 heteroatoms. The molecule has 0 heterocycles. The summed E-state index contributed by atoms with van der Waals surface area (Å²) in [5.41, 5.74) is 2.03. The summed E-state index contributed by atoms with van der Waals surface area (Å²) >= 11 is 0. The maximum Gasteiger partial charge on any atom is 0.0930 e. The van der Waals surface area contributed by atoms with Crippen LogP contribution in [-0.4, -0.2) is 30.6 Å². The van der Waals surface area contributed by atoms with Crippen LogP contribution in [0.5, 0.6) is 0 Å². The van der Waals surface area contributed by atoms with Gasteiger partial charge in [0.05, 0.1) is 5.60 Å². The minimum absolute atomic E-state index is 0.465. The van der Waals surface area contributed by atoms with Gasteiger partial charge in [-0.2, -0.15) is 0 Å². The second kappa shape index (κ2) is 6.72. The lowest BCUT2D eigenvalue weighted by atomic mass is 9.66. The molecule has 0 aromatic heterocycles. The van der Waals surface area contributed by atoms with E-state index in [4.69, 9.17) is 0 Å². The maximum absolute atomic E-state index is 11.8. The predicted molar refractivity (Wildman–Crippen MR) is 91.9 cm³/mol. The molecule has 3 atom stereocenters. The third-order valence-corrected chi connectivity index (χ3v) is 5.95. The van der Waals surface area contributed by atoms with Gasteiger partial charge < -0.3 is 10.0 Å². The molecular formula is C20H31NO. The third-order valence-electron chi connectivity index (χ3n) is 5.95. The van der Waals surface area contributed by atoms with Crippen LogP contribution in [0.4, 0.5) is 0 Å². The fourth-order valence-electron chi connectivity index (χ4n) is 4.87. The van der Waals surface area contributed by atoms with Crippen LogP contribution in [0.3, 0.4) is 0 Å². The maximum atomic E-state index is 11.8. The Kier molecular flexibility index (Phi) is 4.89. The van der Waals surface area contributed by atoms with Crippen LogP contribution < -0.4 is 0 Å². The minimum Gasteiger partial charge on any atom is -0.385 e. The van der Waals surface area contributed by atoms with E-state index in [2.05, 4.69) is 43.3 Å². The van der Waals surface area contributed by atoms with Crippen molar-refractivity contribution in [2.45, 2.75) is 57.0 Å². The van der Waals surface area contributed by atoms with E-state index >= 15 is 0 Å². The van der Waals surface area contributed by atoms with E-state index < -0.39 is 5.60 Å². The Labute approximate surface area is 135 Å². The number of aryl methyl sites for hydroxylation is 1. The van der Waals surface area contributed by atoms with Crippen molar-refractivity contribution in [3.05, 3.63) is 35.4 Å². The van der Waals surface area contributed by atoms with Crippen LogP contribution in [0.25, 0.3) is 0 Å². The molecule has 2 aliphatic carbocycles. The molecule has 0 aliphatic heterocycles. The van der Waals surface area contributed by atoms with E-state index in [9.17, 15) is 5.11 Å². The van der Waals surface area contributed by atoms with Crippen molar-refractivity contribution in [1.82, 2.24) is 4.90 Å². The molecule has 0 spiro atoms. The lowest BCUT2D eigenvalue weighted by Crippen LogP contribution is -2.41. The highest BCUT2D eigenvalue weighted by molar-refractivity contribution is 5.35. The molecule has 1 unspecified atom stereocenters. The summed E-state index contributed by atoms with van der Waals surface area (Å²) in [7, 11) is 4.24. The quantitative estimate of drug-likeness (QED) is 0.909. The first-order valence-electron chi connectivity index (χ1n) is 9.07. The van der Waals surface area contributed by atoms with E-state index in [0.717, 1.165) is 25.8 Å². The van der Waals surface area contributed by atoms with Crippen LogP contribution in [-0.2, 0) is 12.0 Å². The van der Waals surface area contributed by atoms with Gasteiger partial charge in [0, 0.05) is 0 Å². The number of nitrogens with zero attached hydrogens (tertiary/aromatic N) is 1. The zero-order chi connectivity index (χ0) is 15.6. The lowest BCUT2D eigenvalue weighted by molar-refractivity contribution is -0.0699. The second-order valence-corrected chi connectivity index (χ2v) is 7.68. The van der Waals surface area contributed by atoms with E-state index in [0.29, 0.717) is 11.8 Å². The lowest BCUT2D eigenvalue weighted by Gasteiger charge is -2.43. The fourth-order valence-corrected chi connectivity index (χ4v) is 4.87. The van der Waals surface area contributed by atoms with Gasteiger partial charge >= 0.3 is 0 Å². The highest BCUT2D eigenvalue weighted by atomic mass is 16.3. The van der Waals surface area contributed by atoms with Crippen LogP contribution in [0.2, 0.25) is 0 Å². The number of aliphatic hydroxyl groups is 1. The van der Waals surface area contributed by atoms with Gasteiger partial charge in [-0.1, -0.05) is 43.5 Å². The number of hydrogen-bond acceptors (Lipinski definition) is 2. The van der Waals surface area contributed by atoms with Crippen molar-refractivity contribution >= 4 is 0 Å². The summed E-state index contributed by atoms with van der Waals surface area (Å²) < 4.78 is 0. The topological polar surface area (TPSA) is 23.5 Å². The number of hydrogen-bond donors (Lipinski definition) is 1. The summed E-state index contributed by atoms with van der Waals surface area (Å²) in [6, 6.07) is 8.68. The molecule has 122 valence electrons. The van der Waals surface area contributed by atoms with Gasteiger partial charge in [0.2, 0.25) is 0 Å². The molecule has 0 amide bonds. The van der Waals surface area contributed by atoms with Crippen LogP contribution in [0, 0.1) is 11.8 Å². The van der Waals surface area contributed by atoms with Gasteiger partial charge in [0.1, 0.15) is 0 Å². The molecule has 0 bridgehead atoms. The predicted octanol–water partition coefficient (Wildman–Crippen LogP) is 3.97. The van der Waals surface area contributed by atoms with Crippen molar-refractivity contribution in [2.24, 2.45) is 11.8 Å². The largest absolute Gasteiger partial charge is 0.385 e. The van der Waals surface area contributed by atoms with Gasteiger partial charge in [-0.15, -0.1) is 0 Å². The fraction of sp³-hybridized carbons (Fsp3) is 0.700. The zero-order valence-electron chi connectivity index (χ0n) is 14.2. The van der Waals surface area contributed by atoms with E-state index in [1.54, 1.807) is 0 Å². The van der Waals surface area contributed by atoms with Gasteiger partial charge in [-0.3, -0.25) is 0 Å². The molecule has 0 radical (unpaired) electrons. The SMILES string of the molecule is CN(C)CCCC1(O)c2ccccc2CC[C@@H]2CCCC[C@H]21. The standard InChI is InChI=1S/C20H31NO/c1-21(2)15-7-14-20(22)18-10-5-3-8-16(18)12-13-17-9-4-6-11-19(17)20/h3,5,8,10,17,19,22H,4,6-7,9,11-15H2,1-2H3/t17-,19+,20?/m0/s1. The molecule has 0 saturated heterocycles. The Morgan fingerprint density at radius 3 is 2.73 bits per heavy atom. The van der Waals surface area contributed by atoms with Crippen molar-refractivity contribution in [2.75, 3.05) is 20.6 Å². The molecule has 1 N–H and O–H groups in total. The number of fused-ring (bicyclic) bond motifs is 2. The highest BCUT2D eigenvalue weighted by Crippen LogP contribution is 2.49. The molecule has 1 fully saturated rings. The average molecular weight is 301 g/mol. The van der Waals surface area contributed by atoms with Crippen molar-refractivity contribution in [3.63, 3.8) is 0 Å². The minimum atomic E-state index is -0.603. The summed E-state index contributed by atoms with van der Waals surface area (Å²) in [6.07, 6.45) is 9.55. The molecule has 22 heavy (non-hydrogen) atoms. The first-order valence-corrected chi connectivity index (χ1v) is 9.07. The Bertz CT molecular complexity index is 498. The summed E-state index contributed by atoms with van der Waals surface area (Å²) in [4.78, 5) is 2.23. The van der Waals surface area contributed by atoms with Crippen LogP contribution >= 0.6 is 0 Å². The summed E-state index contributed by atoms with van der Waals surface area (Å²) in [5, 5.41) is 11.8. The molecule has 1 aromatic rings. The Balaban J connectivity index is 1.92. The van der Waals surface area contributed by atoms with Crippen molar-refractivity contribution in [3.8, 4) is 0 Å². The van der Waals surface area contributed by atoms with Crippen molar-refractivity contribution < 1.29 is 5.11 Å². The molecule has 3 rings (SSSR count). The first kappa shape index (κ1) is 16.0. The van der Waals surface area contributed by atoms with Crippen LogP contribution in [0.15, 0.2) is 24.3 Å². The number of rotatable bonds is 4.